The van der Waals surface area contributed by atoms with Crippen LogP contribution >= 0.6 is 0 Å². The van der Waals surface area contributed by atoms with Gasteiger partial charge in [-0.05, 0) is 49.6 Å². The number of fused-ring (bicyclic) bond motifs is 2. The molecule has 0 spiro atoms. The molecule has 0 bridgehead atoms. The van der Waals surface area contributed by atoms with Crippen LogP contribution in [0.15, 0.2) is 77.9 Å². The number of amides is 1. The molecular formula is C26H24N6O2. The molecule has 34 heavy (non-hydrogen) atoms. The highest BCUT2D eigenvalue weighted by Crippen LogP contribution is 2.26. The largest absolute Gasteiger partial charge is 0.387 e. The molecule has 3 heterocycles. The summed E-state index contributed by atoms with van der Waals surface area (Å²) < 4.78 is 3.25. The Kier molecular flexibility index (Phi) is 5.33. The summed E-state index contributed by atoms with van der Waals surface area (Å²) in [5.74, 6) is -0.296. The lowest BCUT2D eigenvalue weighted by molar-refractivity contribution is 0.0939. The minimum absolute atomic E-state index is 0.154. The molecule has 1 amide bonds. The highest BCUT2D eigenvalue weighted by atomic mass is 16.2. The molecule has 1 atom stereocenters. The third kappa shape index (κ3) is 3.49. The van der Waals surface area contributed by atoms with Gasteiger partial charge in [0.1, 0.15) is 5.56 Å². The topological polar surface area (TPSA) is 93.3 Å². The van der Waals surface area contributed by atoms with Gasteiger partial charge < -0.3 is 10.6 Å². The summed E-state index contributed by atoms with van der Waals surface area (Å²) in [6.07, 6.45) is 3.39. The van der Waals surface area contributed by atoms with Crippen LogP contribution in [0.4, 0.5) is 5.69 Å². The minimum Gasteiger partial charge on any atom is -0.387 e. The van der Waals surface area contributed by atoms with Crippen molar-refractivity contribution in [2.45, 2.75) is 19.9 Å². The summed E-state index contributed by atoms with van der Waals surface area (Å²) in [6.45, 7) is 3.65. The Hall–Kier alpha value is -4.46. The molecule has 0 saturated carbocycles. The van der Waals surface area contributed by atoms with E-state index in [4.69, 9.17) is 0 Å². The molecule has 0 unspecified atom stereocenters. The SMILES string of the molecule is CNc1cccc2cc([C@H](C)NC(=O)c3c(C)nn4cccnc34)n(-c3ccccc3)c(=O)c12. The molecule has 2 N–H and O–H groups in total. The summed E-state index contributed by atoms with van der Waals surface area (Å²) in [5.41, 5.74) is 3.49. The van der Waals surface area contributed by atoms with Crippen LogP contribution in [0.25, 0.3) is 22.1 Å². The molecule has 0 fully saturated rings. The number of para-hydroxylation sites is 1. The van der Waals surface area contributed by atoms with Gasteiger partial charge in [-0.25, -0.2) is 9.50 Å². The summed E-state index contributed by atoms with van der Waals surface area (Å²) in [4.78, 5) is 31.4. The minimum atomic E-state index is -0.471. The maximum absolute atomic E-state index is 13.8. The Morgan fingerprint density at radius 1 is 1.06 bits per heavy atom. The molecule has 170 valence electrons. The highest BCUT2D eigenvalue weighted by molar-refractivity contribution is 6.01. The van der Waals surface area contributed by atoms with Crippen molar-refractivity contribution in [3.63, 3.8) is 0 Å². The monoisotopic (exact) mass is 452 g/mol. The van der Waals surface area contributed by atoms with Gasteiger partial charge >= 0.3 is 0 Å². The molecule has 0 aliphatic heterocycles. The van der Waals surface area contributed by atoms with Crippen molar-refractivity contribution in [2.24, 2.45) is 0 Å². The highest BCUT2D eigenvalue weighted by Gasteiger charge is 2.23. The van der Waals surface area contributed by atoms with Crippen LogP contribution in [0, 0.1) is 6.92 Å². The first-order chi connectivity index (χ1) is 16.5. The lowest BCUT2D eigenvalue weighted by Gasteiger charge is -2.21. The maximum Gasteiger partial charge on any atom is 0.265 e. The van der Waals surface area contributed by atoms with Gasteiger partial charge in [-0.15, -0.1) is 0 Å². The molecule has 0 radical (unpaired) electrons. The molecule has 8 heteroatoms. The van der Waals surface area contributed by atoms with E-state index in [0.29, 0.717) is 28.0 Å². The van der Waals surface area contributed by atoms with Gasteiger partial charge in [0.05, 0.1) is 17.1 Å². The standard InChI is InChI=1S/C26H24N6O2/c1-16(29-25(33)22-17(2)30-31-14-8-13-28-24(22)31)21-15-18-9-7-12-20(27-3)23(18)26(34)32(21)19-10-5-4-6-11-19/h4-16,27H,1-3H3,(H,29,33)/t16-/m0/s1. The summed E-state index contributed by atoms with van der Waals surface area (Å²) in [7, 11) is 1.80. The van der Waals surface area contributed by atoms with Crippen LogP contribution in [-0.2, 0) is 0 Å². The van der Waals surface area contributed by atoms with E-state index in [1.807, 2.05) is 61.5 Å². The number of pyridine rings is 1. The van der Waals surface area contributed by atoms with Crippen molar-refractivity contribution >= 4 is 28.0 Å². The third-order valence-electron chi connectivity index (χ3n) is 5.95. The van der Waals surface area contributed by atoms with E-state index >= 15 is 0 Å². The van der Waals surface area contributed by atoms with Crippen molar-refractivity contribution in [3.05, 3.63) is 100 Å². The van der Waals surface area contributed by atoms with Gasteiger partial charge in [0.25, 0.3) is 11.5 Å². The second kappa shape index (κ2) is 8.47. The lowest BCUT2D eigenvalue weighted by Crippen LogP contribution is -2.32. The van der Waals surface area contributed by atoms with Crippen LogP contribution in [-0.4, -0.2) is 32.1 Å². The number of anilines is 1. The van der Waals surface area contributed by atoms with Gasteiger partial charge in [-0.2, -0.15) is 5.10 Å². The van der Waals surface area contributed by atoms with Gasteiger partial charge in [0.15, 0.2) is 5.65 Å². The smallest absolute Gasteiger partial charge is 0.265 e. The number of nitrogens with zero attached hydrogens (tertiary/aromatic N) is 4. The van der Waals surface area contributed by atoms with Gasteiger partial charge in [-0.3, -0.25) is 14.2 Å². The third-order valence-corrected chi connectivity index (χ3v) is 5.95. The zero-order chi connectivity index (χ0) is 23.8. The normalized spacial score (nSPS) is 12.1. The molecule has 2 aromatic carbocycles. The zero-order valence-electron chi connectivity index (χ0n) is 19.1. The van der Waals surface area contributed by atoms with Crippen molar-refractivity contribution in [3.8, 4) is 5.69 Å². The summed E-state index contributed by atoms with van der Waals surface area (Å²) in [6, 6.07) is 18.4. The zero-order valence-corrected chi connectivity index (χ0v) is 19.1. The van der Waals surface area contributed by atoms with E-state index < -0.39 is 6.04 Å². The Bertz CT molecular complexity index is 1590. The van der Waals surface area contributed by atoms with Crippen molar-refractivity contribution < 1.29 is 4.79 Å². The van der Waals surface area contributed by atoms with E-state index in [-0.39, 0.29) is 11.5 Å². The van der Waals surface area contributed by atoms with Gasteiger partial charge in [-0.1, -0.05) is 30.3 Å². The molecule has 0 aliphatic carbocycles. The number of hydrogen-bond acceptors (Lipinski definition) is 5. The van der Waals surface area contributed by atoms with Gasteiger partial charge in [0, 0.05) is 36.5 Å². The van der Waals surface area contributed by atoms with Crippen molar-refractivity contribution in [1.82, 2.24) is 24.5 Å². The average molecular weight is 453 g/mol. The first-order valence-corrected chi connectivity index (χ1v) is 11.0. The quantitative estimate of drug-likeness (QED) is 0.422. The first kappa shape index (κ1) is 21.4. The number of nitrogens with one attached hydrogen (secondary N) is 2. The fourth-order valence-corrected chi connectivity index (χ4v) is 4.36. The molecule has 5 aromatic rings. The second-order valence-electron chi connectivity index (χ2n) is 8.11. The van der Waals surface area contributed by atoms with Crippen LogP contribution in [0.1, 0.15) is 34.7 Å². The van der Waals surface area contributed by atoms with E-state index in [9.17, 15) is 9.59 Å². The first-order valence-electron chi connectivity index (χ1n) is 11.0. The number of aromatic nitrogens is 4. The number of rotatable bonds is 5. The maximum atomic E-state index is 13.8. The molecule has 8 nitrogen and oxygen atoms in total. The van der Waals surface area contributed by atoms with Crippen molar-refractivity contribution in [2.75, 3.05) is 12.4 Å². The summed E-state index contributed by atoms with van der Waals surface area (Å²) in [5, 5.41) is 11.9. The Morgan fingerprint density at radius 2 is 1.85 bits per heavy atom. The number of carbonyl (C=O) groups is 1. The number of aryl methyl sites for hydroxylation is 1. The van der Waals surface area contributed by atoms with Crippen LogP contribution in [0.2, 0.25) is 0 Å². The second-order valence-corrected chi connectivity index (χ2v) is 8.11. The molecule has 5 rings (SSSR count). The molecule has 0 aliphatic rings. The Morgan fingerprint density at radius 3 is 2.62 bits per heavy atom. The average Bonchev–Trinajstić information content (AvgIpc) is 3.19. The van der Waals surface area contributed by atoms with Crippen LogP contribution in [0.5, 0.6) is 0 Å². The van der Waals surface area contributed by atoms with E-state index in [2.05, 4.69) is 20.7 Å². The van der Waals surface area contributed by atoms with Crippen molar-refractivity contribution in [1.29, 1.82) is 0 Å². The Labute approximate surface area is 195 Å². The molecule has 3 aromatic heterocycles. The fraction of sp³-hybridized carbons (Fsp3) is 0.154. The number of hydrogen-bond donors (Lipinski definition) is 2. The summed E-state index contributed by atoms with van der Waals surface area (Å²) >= 11 is 0. The predicted molar refractivity (Wildman–Crippen MR) is 133 cm³/mol. The molecule has 0 saturated heterocycles. The lowest BCUT2D eigenvalue weighted by atomic mass is 10.1. The predicted octanol–water partition coefficient (Wildman–Crippen LogP) is 3.87. The van der Waals surface area contributed by atoms with Gasteiger partial charge in [0.2, 0.25) is 0 Å². The van der Waals surface area contributed by atoms with Crippen LogP contribution < -0.4 is 16.2 Å². The number of carbonyl (C=O) groups excluding carboxylic acids is 1. The number of benzene rings is 2. The molecular weight excluding hydrogens is 428 g/mol. The van der Waals surface area contributed by atoms with E-state index in [0.717, 1.165) is 16.8 Å². The Balaban J connectivity index is 1.64. The van der Waals surface area contributed by atoms with E-state index in [1.54, 1.807) is 41.5 Å². The fourth-order valence-electron chi connectivity index (χ4n) is 4.36. The van der Waals surface area contributed by atoms with E-state index in [1.165, 1.54) is 0 Å². The van der Waals surface area contributed by atoms with Crippen LogP contribution in [0.3, 0.4) is 0 Å².